The van der Waals surface area contributed by atoms with Gasteiger partial charge in [-0.05, 0) is 6.42 Å². The van der Waals surface area contributed by atoms with Gasteiger partial charge in [0.15, 0.2) is 5.56 Å². The van der Waals surface area contributed by atoms with Gasteiger partial charge < -0.3 is 4.74 Å². The average molecular weight is 123 g/mol. The van der Waals surface area contributed by atoms with Gasteiger partial charge in [0, 0.05) is 0 Å². The Bertz CT molecular complexity index is 55.7. The van der Waals surface area contributed by atoms with E-state index in [0.29, 0.717) is 12.9 Å². The summed E-state index contributed by atoms with van der Waals surface area (Å²) in [6, 6.07) is 0. The topological polar surface area (TPSA) is 26.3 Å². The van der Waals surface area contributed by atoms with E-state index in [0.717, 1.165) is 0 Å². The van der Waals surface area contributed by atoms with Crippen molar-refractivity contribution in [1.82, 2.24) is 0 Å². The first-order valence-electron chi connectivity index (χ1n) is 2.04. The van der Waals surface area contributed by atoms with E-state index in [-0.39, 0.29) is 0 Å². The van der Waals surface area contributed by atoms with Gasteiger partial charge in [-0.15, -0.1) is 0 Å². The first-order chi connectivity index (χ1) is 3.31. The molecule has 7 heavy (non-hydrogen) atoms. The highest BCUT2D eigenvalue weighted by molar-refractivity contribution is 6.19. The van der Waals surface area contributed by atoms with Gasteiger partial charge in [-0.2, -0.15) is 0 Å². The van der Waals surface area contributed by atoms with Crippen LogP contribution in [0.1, 0.15) is 13.3 Å². The van der Waals surface area contributed by atoms with Gasteiger partial charge in [0.25, 0.3) is 6.47 Å². The van der Waals surface area contributed by atoms with E-state index in [1.807, 2.05) is 6.92 Å². The lowest BCUT2D eigenvalue weighted by Gasteiger charge is -1.99. The van der Waals surface area contributed by atoms with Crippen LogP contribution in [0.2, 0.25) is 0 Å². The molecule has 0 saturated carbocycles. The molecule has 0 radical (unpaired) electrons. The number of carbonyl (C=O) groups is 1. The molecule has 0 aromatic carbocycles. The molecule has 2 nitrogen and oxygen atoms in total. The largest absolute Gasteiger partial charge is 0.448 e. The maximum Gasteiger partial charge on any atom is 0.294 e. The summed E-state index contributed by atoms with van der Waals surface area (Å²) in [5, 5.41) is 0. The summed E-state index contributed by atoms with van der Waals surface area (Å²) in [7, 11) is 0. The number of rotatable bonds is 3. The lowest BCUT2D eigenvalue weighted by molar-refractivity contribution is -0.130. The molecule has 42 valence electrons. The van der Waals surface area contributed by atoms with E-state index < -0.39 is 5.56 Å². The Labute approximate surface area is 47.4 Å². The molecule has 0 amide bonds. The zero-order valence-corrected chi connectivity index (χ0v) is 4.81. The van der Waals surface area contributed by atoms with Crippen LogP contribution in [-0.2, 0) is 9.53 Å². The second kappa shape index (κ2) is 3.93. The van der Waals surface area contributed by atoms with Gasteiger partial charge in [0.2, 0.25) is 0 Å². The Morgan fingerprint density at radius 1 is 2.00 bits per heavy atom. The van der Waals surface area contributed by atoms with Crippen molar-refractivity contribution in [1.29, 1.82) is 0 Å². The van der Waals surface area contributed by atoms with Crippen LogP contribution in [0, 0.1) is 0 Å². The van der Waals surface area contributed by atoms with Crippen molar-refractivity contribution in [2.24, 2.45) is 0 Å². The minimum absolute atomic E-state index is 0.348. The zero-order valence-electron chi connectivity index (χ0n) is 4.06. The molecular weight excluding hydrogens is 115 g/mol. The summed E-state index contributed by atoms with van der Waals surface area (Å²) in [5.41, 5.74) is -0.447. The second-order valence-electron chi connectivity index (χ2n) is 1.05. The van der Waals surface area contributed by atoms with Crippen molar-refractivity contribution in [2.75, 3.05) is 0 Å². The molecule has 0 aromatic heterocycles. The molecule has 3 heteroatoms. The van der Waals surface area contributed by atoms with E-state index in [1.54, 1.807) is 0 Å². The summed E-state index contributed by atoms with van der Waals surface area (Å²) in [4.78, 5) is 9.47. The highest BCUT2D eigenvalue weighted by Crippen LogP contribution is 1.99. The van der Waals surface area contributed by atoms with Crippen molar-refractivity contribution >= 4 is 18.1 Å². The Kier molecular flexibility index (Phi) is 3.80. The molecule has 0 aliphatic rings. The molecule has 0 bridgehead atoms. The SMILES string of the molecule is CCC(Cl)OC=O. The van der Waals surface area contributed by atoms with Crippen LogP contribution < -0.4 is 0 Å². The minimum atomic E-state index is -0.447. The average Bonchev–Trinajstić information content (AvgIpc) is 1.68. The number of carbonyl (C=O) groups excluding carboxylic acids is 1. The van der Waals surface area contributed by atoms with Crippen LogP contribution in [0.25, 0.3) is 0 Å². The third-order valence-electron chi connectivity index (χ3n) is 0.524. The summed E-state index contributed by atoms with van der Waals surface area (Å²) in [5.74, 6) is 0. The fraction of sp³-hybridized carbons (Fsp3) is 0.750. The minimum Gasteiger partial charge on any atom is -0.448 e. The quantitative estimate of drug-likeness (QED) is 0.415. The normalized spacial score (nSPS) is 12.9. The summed E-state index contributed by atoms with van der Waals surface area (Å²) in [6.45, 7) is 2.18. The maximum absolute atomic E-state index is 9.47. The van der Waals surface area contributed by atoms with Crippen LogP contribution >= 0.6 is 11.6 Å². The lowest BCUT2D eigenvalue weighted by Crippen LogP contribution is -1.99. The van der Waals surface area contributed by atoms with Crippen molar-refractivity contribution in [3.63, 3.8) is 0 Å². The second-order valence-corrected chi connectivity index (χ2v) is 1.54. The Morgan fingerprint density at radius 2 is 2.57 bits per heavy atom. The number of halogens is 1. The molecule has 0 saturated heterocycles. The summed E-state index contributed by atoms with van der Waals surface area (Å²) in [6.07, 6.45) is 0.653. The first kappa shape index (κ1) is 6.76. The molecule has 0 aliphatic carbocycles. The highest BCUT2D eigenvalue weighted by Gasteiger charge is 1.95. The Hall–Kier alpha value is -0.240. The Balaban J connectivity index is 2.98. The van der Waals surface area contributed by atoms with Crippen molar-refractivity contribution in [2.45, 2.75) is 18.9 Å². The summed E-state index contributed by atoms with van der Waals surface area (Å²) >= 11 is 5.31. The number of ether oxygens (including phenoxy) is 1. The van der Waals surface area contributed by atoms with E-state index in [2.05, 4.69) is 4.74 Å². The molecule has 0 rings (SSSR count). The Morgan fingerprint density at radius 3 is 2.71 bits per heavy atom. The monoisotopic (exact) mass is 122 g/mol. The van der Waals surface area contributed by atoms with Crippen LogP contribution in [0.15, 0.2) is 0 Å². The van der Waals surface area contributed by atoms with Crippen LogP contribution in [0.3, 0.4) is 0 Å². The molecule has 0 heterocycles. The van der Waals surface area contributed by atoms with Crippen LogP contribution in [0.4, 0.5) is 0 Å². The van der Waals surface area contributed by atoms with Crippen molar-refractivity contribution in [3.05, 3.63) is 0 Å². The molecule has 0 aromatic rings. The zero-order chi connectivity index (χ0) is 5.70. The van der Waals surface area contributed by atoms with Crippen LogP contribution in [-0.4, -0.2) is 12.0 Å². The summed E-state index contributed by atoms with van der Waals surface area (Å²) < 4.78 is 4.28. The number of alkyl halides is 1. The van der Waals surface area contributed by atoms with Gasteiger partial charge in [-0.1, -0.05) is 18.5 Å². The lowest BCUT2D eigenvalue weighted by atomic mass is 10.5. The van der Waals surface area contributed by atoms with Gasteiger partial charge >= 0.3 is 0 Å². The van der Waals surface area contributed by atoms with E-state index >= 15 is 0 Å². The predicted octanol–water partition coefficient (Wildman–Crippen LogP) is 1.13. The first-order valence-corrected chi connectivity index (χ1v) is 2.48. The van der Waals surface area contributed by atoms with Crippen molar-refractivity contribution in [3.8, 4) is 0 Å². The van der Waals surface area contributed by atoms with E-state index in [4.69, 9.17) is 11.6 Å². The molecule has 1 atom stereocenters. The predicted molar refractivity (Wildman–Crippen MR) is 27.1 cm³/mol. The highest BCUT2D eigenvalue weighted by atomic mass is 35.5. The fourth-order valence-corrected chi connectivity index (χ4v) is 0.199. The molecule has 0 aliphatic heterocycles. The van der Waals surface area contributed by atoms with Gasteiger partial charge in [0.05, 0.1) is 0 Å². The van der Waals surface area contributed by atoms with E-state index in [1.165, 1.54) is 0 Å². The standard InChI is InChI=1S/C4H7ClO2/c1-2-4(5)7-3-6/h3-4H,2H2,1H3. The third-order valence-corrected chi connectivity index (χ3v) is 0.936. The molecule has 0 N–H and O–H groups in total. The fourth-order valence-electron chi connectivity index (χ4n) is 0.157. The van der Waals surface area contributed by atoms with Crippen LogP contribution in [0.5, 0.6) is 0 Å². The van der Waals surface area contributed by atoms with Gasteiger partial charge in [-0.25, -0.2) is 0 Å². The number of hydrogen-bond acceptors (Lipinski definition) is 2. The number of hydrogen-bond donors (Lipinski definition) is 0. The van der Waals surface area contributed by atoms with Crippen molar-refractivity contribution < 1.29 is 9.53 Å². The molecule has 1 unspecified atom stereocenters. The van der Waals surface area contributed by atoms with Gasteiger partial charge in [-0.3, -0.25) is 4.79 Å². The van der Waals surface area contributed by atoms with Gasteiger partial charge in [0.1, 0.15) is 0 Å². The molecular formula is C4H7ClO2. The van der Waals surface area contributed by atoms with E-state index in [9.17, 15) is 4.79 Å². The molecule has 0 fully saturated rings. The maximum atomic E-state index is 9.47. The molecule has 0 spiro atoms. The third kappa shape index (κ3) is 3.59. The smallest absolute Gasteiger partial charge is 0.294 e.